The van der Waals surface area contributed by atoms with Crippen LogP contribution in [0.1, 0.15) is 39.2 Å². The summed E-state index contributed by atoms with van der Waals surface area (Å²) in [5, 5.41) is 2.89. The van der Waals surface area contributed by atoms with Crippen LogP contribution in [0.25, 0.3) is 11.1 Å². The van der Waals surface area contributed by atoms with E-state index >= 15 is 0 Å². The van der Waals surface area contributed by atoms with E-state index in [1.165, 1.54) is 12.5 Å². The van der Waals surface area contributed by atoms with Crippen LogP contribution in [0.5, 0.6) is 6.01 Å². The van der Waals surface area contributed by atoms with Crippen molar-refractivity contribution in [2.75, 3.05) is 6.61 Å². The minimum Gasteiger partial charge on any atom is -0.463 e. The van der Waals surface area contributed by atoms with E-state index < -0.39 is 0 Å². The monoisotopic (exact) mass is 327 g/mol. The third-order valence-electron chi connectivity index (χ3n) is 3.64. The number of nitrogens with zero attached hydrogens (tertiary/aromatic N) is 2. The minimum absolute atomic E-state index is 0.00230. The van der Waals surface area contributed by atoms with Gasteiger partial charge in [-0.15, -0.1) is 0 Å². The number of unbranched alkanes of at least 4 members (excludes halogenated alkanes) is 1. The van der Waals surface area contributed by atoms with E-state index in [0.717, 1.165) is 30.4 Å². The normalized spacial score (nSPS) is 11.8. The predicted octanol–water partition coefficient (Wildman–Crippen LogP) is 3.39. The first-order valence-electron chi connectivity index (χ1n) is 8.39. The fraction of sp³-hybridized carbons (Fsp3) is 0.421. The first-order valence-corrected chi connectivity index (χ1v) is 8.39. The average Bonchev–Trinajstić information content (AvgIpc) is 2.56. The number of carbonyl (C=O) groups excluding carboxylic acids is 1. The van der Waals surface area contributed by atoms with Crippen LogP contribution in [0, 0.1) is 0 Å². The lowest BCUT2D eigenvalue weighted by molar-refractivity contribution is -0.119. The third-order valence-corrected chi connectivity index (χ3v) is 3.64. The first kappa shape index (κ1) is 17.9. The van der Waals surface area contributed by atoms with Crippen LogP contribution in [0.4, 0.5) is 0 Å². The standard InChI is InChI=1S/C19H25N3O2/c1-4-5-10-24-19-20-12-18(13-21-19)17-8-6-16(7-9-17)11-14(2)22-15(3)23/h6-9,12-14H,4-5,10-11H2,1-3H3,(H,22,23). The van der Waals surface area contributed by atoms with Gasteiger partial charge < -0.3 is 10.1 Å². The molecule has 24 heavy (non-hydrogen) atoms. The number of amides is 1. The van der Waals surface area contributed by atoms with Crippen LogP contribution in [0.2, 0.25) is 0 Å². The summed E-state index contributed by atoms with van der Waals surface area (Å²) in [6.07, 6.45) is 6.46. The molecule has 1 amide bonds. The predicted molar refractivity (Wildman–Crippen MR) is 94.9 cm³/mol. The number of carbonyl (C=O) groups is 1. The molecule has 2 rings (SSSR count). The smallest absolute Gasteiger partial charge is 0.316 e. The van der Waals surface area contributed by atoms with Crippen molar-refractivity contribution in [3.05, 3.63) is 42.2 Å². The summed E-state index contributed by atoms with van der Waals surface area (Å²) in [4.78, 5) is 19.6. The fourth-order valence-electron chi connectivity index (χ4n) is 2.43. The Morgan fingerprint density at radius 1 is 1.17 bits per heavy atom. The highest BCUT2D eigenvalue weighted by Gasteiger charge is 2.06. The molecule has 0 aliphatic carbocycles. The summed E-state index contributed by atoms with van der Waals surface area (Å²) in [6.45, 7) is 6.31. The van der Waals surface area contributed by atoms with Gasteiger partial charge in [0.15, 0.2) is 0 Å². The van der Waals surface area contributed by atoms with Crippen molar-refractivity contribution in [2.45, 2.75) is 46.1 Å². The lowest BCUT2D eigenvalue weighted by atomic mass is 10.0. The van der Waals surface area contributed by atoms with Crippen molar-refractivity contribution >= 4 is 5.91 Å². The Bertz CT molecular complexity index is 639. The van der Waals surface area contributed by atoms with Gasteiger partial charge in [-0.25, -0.2) is 9.97 Å². The van der Waals surface area contributed by atoms with E-state index in [0.29, 0.717) is 12.6 Å². The summed E-state index contributed by atoms with van der Waals surface area (Å²) in [5.74, 6) is -0.00230. The van der Waals surface area contributed by atoms with Crippen molar-refractivity contribution in [2.24, 2.45) is 0 Å². The van der Waals surface area contributed by atoms with Gasteiger partial charge in [-0.2, -0.15) is 0 Å². The molecule has 0 saturated heterocycles. The minimum atomic E-state index is -0.00230. The van der Waals surface area contributed by atoms with E-state index in [1.807, 2.05) is 19.1 Å². The first-order chi connectivity index (χ1) is 11.6. The van der Waals surface area contributed by atoms with Crippen molar-refractivity contribution in [1.29, 1.82) is 0 Å². The molecule has 128 valence electrons. The lowest BCUT2D eigenvalue weighted by Crippen LogP contribution is -2.31. The van der Waals surface area contributed by atoms with Crippen molar-refractivity contribution in [1.82, 2.24) is 15.3 Å². The maximum absolute atomic E-state index is 11.1. The molecule has 5 heteroatoms. The molecule has 0 bridgehead atoms. The molecule has 0 aliphatic heterocycles. The second kappa shape index (κ2) is 9.01. The molecule has 1 aromatic carbocycles. The van der Waals surface area contributed by atoms with E-state index in [4.69, 9.17) is 4.74 Å². The van der Waals surface area contributed by atoms with Gasteiger partial charge in [0.25, 0.3) is 0 Å². The summed E-state index contributed by atoms with van der Waals surface area (Å²) in [5.41, 5.74) is 3.20. The Hall–Kier alpha value is -2.43. The summed E-state index contributed by atoms with van der Waals surface area (Å²) in [6, 6.07) is 8.78. The Labute approximate surface area is 143 Å². The van der Waals surface area contributed by atoms with Crippen LogP contribution in [0.15, 0.2) is 36.7 Å². The van der Waals surface area contributed by atoms with E-state index in [2.05, 4.69) is 34.3 Å². The molecule has 0 fully saturated rings. The Balaban J connectivity index is 1.96. The lowest BCUT2D eigenvalue weighted by Gasteiger charge is -2.12. The SMILES string of the molecule is CCCCOc1ncc(-c2ccc(CC(C)NC(C)=O)cc2)cn1. The Morgan fingerprint density at radius 3 is 2.42 bits per heavy atom. The Kier molecular flexibility index (Phi) is 6.73. The summed E-state index contributed by atoms with van der Waals surface area (Å²) in [7, 11) is 0. The molecule has 0 radical (unpaired) electrons. The number of nitrogens with one attached hydrogen (secondary N) is 1. The summed E-state index contributed by atoms with van der Waals surface area (Å²) >= 11 is 0. The van der Waals surface area contributed by atoms with E-state index in [9.17, 15) is 4.79 Å². The topological polar surface area (TPSA) is 64.1 Å². The zero-order valence-corrected chi connectivity index (χ0v) is 14.6. The molecule has 1 unspecified atom stereocenters. The molecule has 1 aromatic heterocycles. The van der Waals surface area contributed by atoms with Crippen LogP contribution in [-0.4, -0.2) is 28.5 Å². The van der Waals surface area contributed by atoms with Gasteiger partial charge >= 0.3 is 6.01 Å². The molecule has 1 N–H and O–H groups in total. The maximum Gasteiger partial charge on any atom is 0.316 e. The van der Waals surface area contributed by atoms with Gasteiger partial charge in [0.2, 0.25) is 5.91 Å². The number of hydrogen-bond donors (Lipinski definition) is 1. The molecular formula is C19H25N3O2. The molecule has 0 saturated carbocycles. The molecule has 1 heterocycles. The van der Waals surface area contributed by atoms with E-state index in [-0.39, 0.29) is 11.9 Å². The van der Waals surface area contributed by atoms with Gasteiger partial charge in [-0.3, -0.25) is 4.79 Å². The second-order valence-corrected chi connectivity index (χ2v) is 5.96. The van der Waals surface area contributed by atoms with Crippen LogP contribution in [-0.2, 0) is 11.2 Å². The molecule has 0 spiro atoms. The summed E-state index contributed by atoms with van der Waals surface area (Å²) < 4.78 is 5.48. The largest absolute Gasteiger partial charge is 0.463 e. The van der Waals surface area contributed by atoms with Gasteiger partial charge in [0.05, 0.1) is 6.61 Å². The number of ether oxygens (including phenoxy) is 1. The second-order valence-electron chi connectivity index (χ2n) is 5.96. The molecule has 5 nitrogen and oxygen atoms in total. The van der Waals surface area contributed by atoms with Crippen LogP contribution in [0.3, 0.4) is 0 Å². The van der Waals surface area contributed by atoms with Crippen molar-refractivity contribution < 1.29 is 9.53 Å². The van der Waals surface area contributed by atoms with Gasteiger partial charge in [-0.1, -0.05) is 37.6 Å². The zero-order valence-electron chi connectivity index (χ0n) is 14.6. The highest BCUT2D eigenvalue weighted by molar-refractivity contribution is 5.73. The zero-order chi connectivity index (χ0) is 17.4. The van der Waals surface area contributed by atoms with Gasteiger partial charge in [0.1, 0.15) is 0 Å². The van der Waals surface area contributed by atoms with Crippen LogP contribution >= 0.6 is 0 Å². The van der Waals surface area contributed by atoms with Gasteiger partial charge in [0, 0.05) is 30.9 Å². The number of benzene rings is 1. The Morgan fingerprint density at radius 2 is 1.83 bits per heavy atom. The molecular weight excluding hydrogens is 302 g/mol. The molecule has 0 aliphatic rings. The average molecular weight is 327 g/mol. The van der Waals surface area contributed by atoms with Crippen molar-refractivity contribution in [3.63, 3.8) is 0 Å². The van der Waals surface area contributed by atoms with Gasteiger partial charge in [-0.05, 0) is 30.9 Å². The van der Waals surface area contributed by atoms with Crippen molar-refractivity contribution in [3.8, 4) is 17.1 Å². The quantitative estimate of drug-likeness (QED) is 0.755. The highest BCUT2D eigenvalue weighted by atomic mass is 16.5. The van der Waals surface area contributed by atoms with Crippen LogP contribution < -0.4 is 10.1 Å². The number of rotatable bonds is 8. The molecule has 2 aromatic rings. The highest BCUT2D eigenvalue weighted by Crippen LogP contribution is 2.19. The maximum atomic E-state index is 11.1. The molecule has 1 atom stereocenters. The fourth-order valence-corrected chi connectivity index (χ4v) is 2.43. The van der Waals surface area contributed by atoms with E-state index in [1.54, 1.807) is 12.4 Å². The number of hydrogen-bond acceptors (Lipinski definition) is 4. The number of aromatic nitrogens is 2. The third kappa shape index (κ3) is 5.65.